The lowest BCUT2D eigenvalue weighted by Crippen LogP contribution is -2.47. The second-order valence-electron chi connectivity index (χ2n) is 6.89. The van der Waals surface area contributed by atoms with Crippen LogP contribution in [-0.2, 0) is 0 Å². The number of aliphatic hydroxyl groups is 1. The van der Waals surface area contributed by atoms with Crippen LogP contribution in [0.2, 0.25) is 0 Å². The second-order valence-corrected chi connectivity index (χ2v) is 6.89. The number of benzene rings is 1. The van der Waals surface area contributed by atoms with E-state index in [0.29, 0.717) is 18.0 Å². The molecule has 0 spiro atoms. The van der Waals surface area contributed by atoms with Crippen molar-refractivity contribution in [2.24, 2.45) is 0 Å². The van der Waals surface area contributed by atoms with Gasteiger partial charge in [0, 0.05) is 12.6 Å². The predicted molar refractivity (Wildman–Crippen MR) is 96.5 cm³/mol. The monoisotopic (exact) mass is 334 g/mol. The zero-order chi connectivity index (χ0) is 17.5. The van der Waals surface area contributed by atoms with Crippen molar-refractivity contribution in [3.05, 3.63) is 24.3 Å². The average Bonchev–Trinajstić information content (AvgIpc) is 2.54. The van der Waals surface area contributed by atoms with Gasteiger partial charge in [-0.3, -0.25) is 0 Å². The third-order valence-corrected chi connectivity index (χ3v) is 4.23. The molecule has 5 nitrogen and oxygen atoms in total. The summed E-state index contributed by atoms with van der Waals surface area (Å²) in [5, 5.41) is 12.8. The highest BCUT2D eigenvalue weighted by Gasteiger charge is 2.27. The molecule has 1 atom stereocenters. The van der Waals surface area contributed by atoms with E-state index in [9.17, 15) is 9.90 Å². The Kier molecular flexibility index (Phi) is 6.91. The van der Waals surface area contributed by atoms with Gasteiger partial charge in [0.05, 0.1) is 17.9 Å². The van der Waals surface area contributed by atoms with E-state index in [1.54, 1.807) is 11.8 Å². The number of carbonyl (C=O) groups excluding carboxylic acids is 1. The molecule has 1 aliphatic rings. The third-order valence-electron chi connectivity index (χ3n) is 4.23. The van der Waals surface area contributed by atoms with Gasteiger partial charge in [-0.2, -0.15) is 0 Å². The van der Waals surface area contributed by atoms with Crippen LogP contribution in [0.1, 0.15) is 52.9 Å². The van der Waals surface area contributed by atoms with Crippen molar-refractivity contribution in [3.63, 3.8) is 0 Å². The maximum absolute atomic E-state index is 12.8. The molecule has 2 amide bonds. The summed E-state index contributed by atoms with van der Waals surface area (Å²) in [4.78, 5) is 14.6. The van der Waals surface area contributed by atoms with Gasteiger partial charge in [-0.25, -0.2) is 4.79 Å². The van der Waals surface area contributed by atoms with E-state index in [1.807, 2.05) is 38.1 Å². The lowest BCUT2D eigenvalue weighted by molar-refractivity contribution is 0.105. The van der Waals surface area contributed by atoms with Crippen LogP contribution in [0.5, 0.6) is 5.75 Å². The van der Waals surface area contributed by atoms with Crippen molar-refractivity contribution in [2.75, 3.05) is 11.9 Å². The summed E-state index contributed by atoms with van der Waals surface area (Å²) >= 11 is 0. The maximum Gasteiger partial charge on any atom is 0.322 e. The molecule has 1 aromatic carbocycles. The third kappa shape index (κ3) is 5.41. The molecule has 0 radical (unpaired) electrons. The van der Waals surface area contributed by atoms with Gasteiger partial charge >= 0.3 is 6.03 Å². The van der Waals surface area contributed by atoms with Gasteiger partial charge in [-0.15, -0.1) is 0 Å². The molecule has 24 heavy (non-hydrogen) atoms. The van der Waals surface area contributed by atoms with Crippen LogP contribution in [0, 0.1) is 0 Å². The molecule has 1 fully saturated rings. The molecular weight excluding hydrogens is 304 g/mol. The molecule has 5 heteroatoms. The summed E-state index contributed by atoms with van der Waals surface area (Å²) in [5.74, 6) is 0.668. The summed E-state index contributed by atoms with van der Waals surface area (Å²) in [6, 6.07) is 7.51. The second kappa shape index (κ2) is 8.92. The van der Waals surface area contributed by atoms with E-state index in [4.69, 9.17) is 4.74 Å². The normalized spacial score (nSPS) is 16.7. The fourth-order valence-electron chi connectivity index (χ4n) is 3.19. The Labute approximate surface area is 145 Å². The smallest absolute Gasteiger partial charge is 0.322 e. The first kappa shape index (κ1) is 18.6. The molecule has 0 saturated heterocycles. The SMILES string of the molecule is CC(C)Oc1ccccc1NC(=O)N(C[C@H](C)O)C1CCCCC1. The van der Waals surface area contributed by atoms with E-state index >= 15 is 0 Å². The summed E-state index contributed by atoms with van der Waals surface area (Å²) in [6.45, 7) is 5.99. The van der Waals surface area contributed by atoms with Crippen LogP contribution in [0.15, 0.2) is 24.3 Å². The average molecular weight is 334 g/mol. The predicted octanol–water partition coefficient (Wildman–Crippen LogP) is 4.02. The van der Waals surface area contributed by atoms with E-state index in [-0.39, 0.29) is 18.2 Å². The molecular formula is C19H30N2O3. The Bertz CT molecular complexity index is 525. The number of nitrogens with zero attached hydrogens (tertiary/aromatic N) is 1. The number of amides is 2. The zero-order valence-corrected chi connectivity index (χ0v) is 15.0. The Balaban J connectivity index is 2.12. The maximum atomic E-state index is 12.8. The highest BCUT2D eigenvalue weighted by atomic mass is 16.5. The zero-order valence-electron chi connectivity index (χ0n) is 15.0. The van der Waals surface area contributed by atoms with Crippen LogP contribution in [0.3, 0.4) is 0 Å². The fraction of sp³-hybridized carbons (Fsp3) is 0.632. The number of ether oxygens (including phenoxy) is 1. The van der Waals surface area contributed by atoms with E-state index < -0.39 is 6.10 Å². The minimum Gasteiger partial charge on any atom is -0.489 e. The van der Waals surface area contributed by atoms with E-state index in [1.165, 1.54) is 6.42 Å². The number of para-hydroxylation sites is 2. The van der Waals surface area contributed by atoms with Crippen molar-refractivity contribution < 1.29 is 14.6 Å². The standard InChI is InChI=1S/C19H30N2O3/c1-14(2)24-18-12-8-7-11-17(18)20-19(23)21(13-15(3)22)16-9-5-4-6-10-16/h7-8,11-12,14-16,22H,4-6,9-10,13H2,1-3H3,(H,20,23)/t15-/m0/s1. The van der Waals surface area contributed by atoms with Crippen LogP contribution in [0.4, 0.5) is 10.5 Å². The number of aliphatic hydroxyl groups excluding tert-OH is 1. The van der Waals surface area contributed by atoms with Crippen LogP contribution in [-0.4, -0.2) is 40.8 Å². The first-order valence-corrected chi connectivity index (χ1v) is 8.98. The summed E-state index contributed by atoms with van der Waals surface area (Å²) in [6.07, 6.45) is 5.01. The van der Waals surface area contributed by atoms with Gasteiger partial charge in [-0.1, -0.05) is 31.4 Å². The molecule has 2 N–H and O–H groups in total. The van der Waals surface area contributed by atoms with Crippen molar-refractivity contribution in [3.8, 4) is 5.75 Å². The Hall–Kier alpha value is -1.75. The number of nitrogens with one attached hydrogen (secondary N) is 1. The fourth-order valence-corrected chi connectivity index (χ4v) is 3.19. The molecule has 0 aromatic heterocycles. The molecule has 1 aliphatic carbocycles. The summed E-state index contributed by atoms with van der Waals surface area (Å²) in [7, 11) is 0. The van der Waals surface area contributed by atoms with Gasteiger partial charge in [0.2, 0.25) is 0 Å². The molecule has 1 aromatic rings. The quantitative estimate of drug-likeness (QED) is 0.826. The molecule has 1 saturated carbocycles. The van der Waals surface area contributed by atoms with Crippen LogP contribution >= 0.6 is 0 Å². The van der Waals surface area contributed by atoms with Crippen LogP contribution < -0.4 is 10.1 Å². The highest BCUT2D eigenvalue weighted by molar-refractivity contribution is 5.91. The van der Waals surface area contributed by atoms with E-state index in [0.717, 1.165) is 25.7 Å². The van der Waals surface area contributed by atoms with Crippen molar-refractivity contribution in [1.29, 1.82) is 0 Å². The number of anilines is 1. The first-order chi connectivity index (χ1) is 11.5. The molecule has 0 heterocycles. The van der Waals surface area contributed by atoms with Crippen molar-refractivity contribution >= 4 is 11.7 Å². The number of carbonyl (C=O) groups is 1. The van der Waals surface area contributed by atoms with Gasteiger partial charge in [-0.05, 0) is 45.7 Å². The largest absolute Gasteiger partial charge is 0.489 e. The first-order valence-electron chi connectivity index (χ1n) is 8.98. The highest BCUT2D eigenvalue weighted by Crippen LogP contribution is 2.27. The molecule has 0 unspecified atom stereocenters. The van der Waals surface area contributed by atoms with Gasteiger partial charge < -0.3 is 20.1 Å². The lowest BCUT2D eigenvalue weighted by Gasteiger charge is -2.35. The molecule has 0 bridgehead atoms. The topological polar surface area (TPSA) is 61.8 Å². The van der Waals surface area contributed by atoms with Crippen LogP contribution in [0.25, 0.3) is 0 Å². The number of rotatable bonds is 6. The van der Waals surface area contributed by atoms with Gasteiger partial charge in [0.25, 0.3) is 0 Å². The van der Waals surface area contributed by atoms with Gasteiger partial charge in [0.1, 0.15) is 5.75 Å². The van der Waals surface area contributed by atoms with Crippen molar-refractivity contribution in [2.45, 2.75) is 71.1 Å². The molecule has 134 valence electrons. The minimum absolute atomic E-state index is 0.0370. The Morgan fingerprint density at radius 3 is 2.54 bits per heavy atom. The van der Waals surface area contributed by atoms with Crippen molar-refractivity contribution in [1.82, 2.24) is 4.90 Å². The number of urea groups is 1. The Morgan fingerprint density at radius 2 is 1.92 bits per heavy atom. The molecule has 2 rings (SSSR count). The summed E-state index contributed by atoms with van der Waals surface area (Å²) < 4.78 is 5.77. The number of hydrogen-bond donors (Lipinski definition) is 2. The Morgan fingerprint density at radius 1 is 1.25 bits per heavy atom. The molecule has 0 aliphatic heterocycles. The lowest BCUT2D eigenvalue weighted by atomic mass is 9.94. The summed E-state index contributed by atoms with van der Waals surface area (Å²) in [5.41, 5.74) is 0.669. The number of hydrogen-bond acceptors (Lipinski definition) is 3. The van der Waals surface area contributed by atoms with E-state index in [2.05, 4.69) is 5.32 Å². The van der Waals surface area contributed by atoms with Gasteiger partial charge in [0.15, 0.2) is 0 Å². The minimum atomic E-state index is -0.542.